The first-order chi connectivity index (χ1) is 14.5. The molecule has 150 valence electrons. The fourth-order valence-corrected chi connectivity index (χ4v) is 3.73. The van der Waals surface area contributed by atoms with Crippen LogP contribution >= 0.6 is 0 Å². The molecule has 1 aliphatic heterocycles. The number of rotatable bonds is 5. The lowest BCUT2D eigenvalue weighted by molar-refractivity contribution is -0.119. The predicted octanol–water partition coefficient (Wildman–Crippen LogP) is 4.15. The summed E-state index contributed by atoms with van der Waals surface area (Å²) in [4.78, 5) is 40.5. The van der Waals surface area contributed by atoms with Gasteiger partial charge in [-0.15, -0.1) is 0 Å². The van der Waals surface area contributed by atoms with Crippen LogP contribution in [0.2, 0.25) is 0 Å². The number of hydrogen-bond donors (Lipinski definition) is 1. The highest BCUT2D eigenvalue weighted by Gasteiger charge is 2.42. The van der Waals surface area contributed by atoms with Gasteiger partial charge in [0.25, 0.3) is 11.8 Å². The van der Waals surface area contributed by atoms with Crippen LogP contribution in [0.4, 0.5) is 5.69 Å². The summed E-state index contributed by atoms with van der Waals surface area (Å²) in [6.45, 7) is 3.90. The standard InChI is InChI=1S/C25H22N2O3/c1-16-9-8-14-21(17(16)2)26-23(28)22(15-18-10-4-3-5-11-18)27-24(29)19-12-6-7-13-20(19)25(27)30/h3-14,22H,15H2,1-2H3,(H,26,28). The van der Waals surface area contributed by atoms with E-state index >= 15 is 0 Å². The molecule has 5 heteroatoms. The van der Waals surface area contributed by atoms with Crippen molar-refractivity contribution >= 4 is 23.4 Å². The van der Waals surface area contributed by atoms with Crippen molar-refractivity contribution in [3.63, 3.8) is 0 Å². The number of carbonyl (C=O) groups is 3. The van der Waals surface area contributed by atoms with Gasteiger partial charge in [-0.1, -0.05) is 54.6 Å². The minimum Gasteiger partial charge on any atom is -0.324 e. The number of aryl methyl sites for hydroxylation is 1. The molecule has 1 unspecified atom stereocenters. The van der Waals surface area contributed by atoms with Crippen LogP contribution in [0.5, 0.6) is 0 Å². The third kappa shape index (κ3) is 3.50. The molecular weight excluding hydrogens is 376 g/mol. The van der Waals surface area contributed by atoms with Gasteiger partial charge in [0.1, 0.15) is 6.04 Å². The molecule has 0 bridgehead atoms. The molecule has 3 amide bonds. The molecule has 4 rings (SSSR count). The first-order valence-electron chi connectivity index (χ1n) is 9.85. The highest BCUT2D eigenvalue weighted by molar-refractivity contribution is 6.23. The van der Waals surface area contributed by atoms with Crippen LogP contribution in [-0.2, 0) is 11.2 Å². The molecule has 0 saturated heterocycles. The van der Waals surface area contributed by atoms with Crippen molar-refractivity contribution in [2.45, 2.75) is 26.3 Å². The average Bonchev–Trinajstić information content (AvgIpc) is 3.01. The average molecular weight is 398 g/mol. The van der Waals surface area contributed by atoms with Crippen LogP contribution in [0, 0.1) is 13.8 Å². The van der Waals surface area contributed by atoms with Gasteiger partial charge in [-0.25, -0.2) is 0 Å². The Bertz CT molecular complexity index is 1100. The van der Waals surface area contributed by atoms with E-state index in [4.69, 9.17) is 0 Å². The van der Waals surface area contributed by atoms with Gasteiger partial charge in [-0.05, 0) is 48.7 Å². The van der Waals surface area contributed by atoms with E-state index in [1.807, 2.05) is 62.4 Å². The van der Waals surface area contributed by atoms with Crippen LogP contribution in [0.1, 0.15) is 37.4 Å². The molecule has 1 N–H and O–H groups in total. The van der Waals surface area contributed by atoms with E-state index in [9.17, 15) is 14.4 Å². The maximum Gasteiger partial charge on any atom is 0.262 e. The molecule has 3 aromatic rings. The molecule has 1 aliphatic rings. The topological polar surface area (TPSA) is 66.5 Å². The molecular formula is C25H22N2O3. The monoisotopic (exact) mass is 398 g/mol. The minimum atomic E-state index is -0.959. The number of benzene rings is 3. The quantitative estimate of drug-likeness (QED) is 0.657. The van der Waals surface area contributed by atoms with Crippen molar-refractivity contribution in [3.8, 4) is 0 Å². The predicted molar refractivity (Wildman–Crippen MR) is 115 cm³/mol. The van der Waals surface area contributed by atoms with Crippen molar-refractivity contribution < 1.29 is 14.4 Å². The van der Waals surface area contributed by atoms with Crippen LogP contribution in [0.15, 0.2) is 72.8 Å². The Hall–Kier alpha value is -3.73. The lowest BCUT2D eigenvalue weighted by Crippen LogP contribution is -2.48. The molecule has 30 heavy (non-hydrogen) atoms. The van der Waals surface area contributed by atoms with Crippen LogP contribution < -0.4 is 5.32 Å². The summed E-state index contributed by atoms with van der Waals surface area (Å²) < 4.78 is 0. The van der Waals surface area contributed by atoms with E-state index < -0.39 is 17.9 Å². The highest BCUT2D eigenvalue weighted by atomic mass is 16.2. The number of amides is 3. The van der Waals surface area contributed by atoms with Crippen LogP contribution in [0.25, 0.3) is 0 Å². The Morgan fingerprint density at radius 1 is 0.833 bits per heavy atom. The fraction of sp³-hybridized carbons (Fsp3) is 0.160. The molecule has 5 nitrogen and oxygen atoms in total. The Morgan fingerprint density at radius 2 is 1.43 bits per heavy atom. The number of hydrogen-bond acceptors (Lipinski definition) is 3. The van der Waals surface area contributed by atoms with Crippen molar-refractivity contribution in [2.24, 2.45) is 0 Å². The van der Waals surface area contributed by atoms with Gasteiger partial charge < -0.3 is 5.32 Å². The minimum absolute atomic E-state index is 0.239. The molecule has 0 saturated carbocycles. The van der Waals surface area contributed by atoms with Gasteiger partial charge in [0.15, 0.2) is 0 Å². The maximum atomic E-state index is 13.4. The summed E-state index contributed by atoms with van der Waals surface area (Å²) >= 11 is 0. The van der Waals surface area contributed by atoms with E-state index in [1.54, 1.807) is 24.3 Å². The summed E-state index contributed by atoms with van der Waals surface area (Å²) in [6.07, 6.45) is 0.239. The molecule has 0 aromatic heterocycles. The number of fused-ring (bicyclic) bond motifs is 1. The summed E-state index contributed by atoms with van der Waals surface area (Å²) in [5, 5.41) is 2.93. The summed E-state index contributed by atoms with van der Waals surface area (Å²) in [7, 11) is 0. The fourth-order valence-electron chi connectivity index (χ4n) is 3.73. The van der Waals surface area contributed by atoms with Crippen LogP contribution in [-0.4, -0.2) is 28.7 Å². The van der Waals surface area contributed by atoms with E-state index in [-0.39, 0.29) is 12.3 Å². The first kappa shape index (κ1) is 19.6. The van der Waals surface area contributed by atoms with Crippen molar-refractivity contribution in [2.75, 3.05) is 5.32 Å². The van der Waals surface area contributed by atoms with Crippen LogP contribution in [0.3, 0.4) is 0 Å². The van der Waals surface area contributed by atoms with Crippen molar-refractivity contribution in [1.82, 2.24) is 4.90 Å². The summed E-state index contributed by atoms with van der Waals surface area (Å²) in [5.41, 5.74) is 4.21. The molecule has 0 aliphatic carbocycles. The van der Waals surface area contributed by atoms with Gasteiger partial charge >= 0.3 is 0 Å². The third-order valence-electron chi connectivity index (χ3n) is 5.57. The highest BCUT2D eigenvalue weighted by Crippen LogP contribution is 2.27. The van der Waals surface area contributed by atoms with Crippen molar-refractivity contribution in [3.05, 3.63) is 101 Å². The number of imide groups is 1. The molecule has 1 heterocycles. The third-order valence-corrected chi connectivity index (χ3v) is 5.57. The molecule has 0 fully saturated rings. The Balaban J connectivity index is 1.70. The largest absolute Gasteiger partial charge is 0.324 e. The van der Waals surface area contributed by atoms with Gasteiger partial charge in [0.2, 0.25) is 5.91 Å². The SMILES string of the molecule is Cc1cccc(NC(=O)C(Cc2ccccc2)N2C(=O)c3ccccc3C2=O)c1C. The maximum absolute atomic E-state index is 13.4. The lowest BCUT2D eigenvalue weighted by atomic mass is 10.0. The van der Waals surface area contributed by atoms with Gasteiger partial charge in [0.05, 0.1) is 11.1 Å². The van der Waals surface area contributed by atoms with Gasteiger partial charge in [0, 0.05) is 12.1 Å². The number of anilines is 1. The van der Waals surface area contributed by atoms with E-state index in [2.05, 4.69) is 5.32 Å². The zero-order chi connectivity index (χ0) is 21.3. The normalized spacial score (nSPS) is 13.9. The zero-order valence-corrected chi connectivity index (χ0v) is 16.9. The van der Waals surface area contributed by atoms with Gasteiger partial charge in [-0.3, -0.25) is 19.3 Å². The first-order valence-corrected chi connectivity index (χ1v) is 9.85. The van der Waals surface area contributed by atoms with Crippen molar-refractivity contribution in [1.29, 1.82) is 0 Å². The Labute approximate surface area is 175 Å². The summed E-state index contributed by atoms with van der Waals surface area (Å²) in [6, 6.07) is 20.8. The Morgan fingerprint density at radius 3 is 2.07 bits per heavy atom. The van der Waals surface area contributed by atoms with E-state index in [0.717, 1.165) is 21.6 Å². The van der Waals surface area contributed by atoms with E-state index in [1.165, 1.54) is 0 Å². The smallest absolute Gasteiger partial charge is 0.262 e. The second-order valence-electron chi connectivity index (χ2n) is 7.47. The van der Waals surface area contributed by atoms with Gasteiger partial charge in [-0.2, -0.15) is 0 Å². The molecule has 0 radical (unpaired) electrons. The lowest BCUT2D eigenvalue weighted by Gasteiger charge is -2.26. The van der Waals surface area contributed by atoms with E-state index in [0.29, 0.717) is 16.8 Å². The summed E-state index contributed by atoms with van der Waals surface area (Å²) in [5.74, 6) is -1.26. The second-order valence-corrected chi connectivity index (χ2v) is 7.47. The molecule has 0 spiro atoms. The molecule has 1 atom stereocenters. The zero-order valence-electron chi connectivity index (χ0n) is 16.9. The second kappa shape index (κ2) is 7.95. The Kier molecular flexibility index (Phi) is 5.19. The number of carbonyl (C=O) groups excluding carboxylic acids is 3. The molecule has 3 aromatic carbocycles. The number of nitrogens with one attached hydrogen (secondary N) is 1. The number of nitrogens with zero attached hydrogens (tertiary/aromatic N) is 1.